The van der Waals surface area contributed by atoms with Crippen LogP contribution in [0.5, 0.6) is 11.5 Å². The van der Waals surface area contributed by atoms with Crippen LogP contribution in [0.2, 0.25) is 0 Å². The SMILES string of the molecule is COc1cccc(C2/C(=C(/O)c3cccc4ccccc34)C(=O)C(=O)N2c2ccc(OC(C)C)cc2)c1. The number of nitrogens with zero attached hydrogens (tertiary/aromatic N) is 1. The molecule has 186 valence electrons. The number of benzene rings is 4. The van der Waals surface area contributed by atoms with Crippen molar-refractivity contribution in [1.29, 1.82) is 0 Å². The normalized spacial score (nSPS) is 17.0. The van der Waals surface area contributed by atoms with E-state index in [1.165, 1.54) is 4.90 Å². The van der Waals surface area contributed by atoms with Crippen molar-refractivity contribution in [1.82, 2.24) is 0 Å². The summed E-state index contributed by atoms with van der Waals surface area (Å²) in [6.45, 7) is 3.87. The summed E-state index contributed by atoms with van der Waals surface area (Å²) in [5.41, 5.74) is 1.67. The number of amides is 1. The molecule has 4 aromatic carbocycles. The molecule has 6 nitrogen and oxygen atoms in total. The van der Waals surface area contributed by atoms with E-state index in [-0.39, 0.29) is 17.4 Å². The molecule has 0 bridgehead atoms. The van der Waals surface area contributed by atoms with Crippen LogP contribution in [0.3, 0.4) is 0 Å². The van der Waals surface area contributed by atoms with E-state index in [1.54, 1.807) is 55.6 Å². The standard InChI is InChI=1S/C31H27NO5/c1-19(2)37-23-16-14-22(15-17-23)32-28(21-10-6-11-24(18-21)36-3)27(30(34)31(32)35)29(33)26-13-7-9-20-8-4-5-12-25(20)26/h4-19,28,33H,1-3H3/b29-27-. The highest BCUT2D eigenvalue weighted by molar-refractivity contribution is 6.51. The Labute approximate surface area is 215 Å². The molecule has 1 amide bonds. The van der Waals surface area contributed by atoms with Gasteiger partial charge < -0.3 is 14.6 Å². The van der Waals surface area contributed by atoms with Crippen LogP contribution in [-0.4, -0.2) is 30.0 Å². The number of hydrogen-bond acceptors (Lipinski definition) is 5. The van der Waals surface area contributed by atoms with Crippen LogP contribution in [0.15, 0.2) is 96.6 Å². The van der Waals surface area contributed by atoms with Gasteiger partial charge in [-0.05, 0) is 66.6 Å². The number of methoxy groups -OCH3 is 1. The van der Waals surface area contributed by atoms with E-state index >= 15 is 0 Å². The van der Waals surface area contributed by atoms with Crippen molar-refractivity contribution in [3.8, 4) is 11.5 Å². The second-order valence-corrected chi connectivity index (χ2v) is 9.13. The summed E-state index contributed by atoms with van der Waals surface area (Å²) in [5, 5.41) is 13.3. The van der Waals surface area contributed by atoms with Gasteiger partial charge in [-0.25, -0.2) is 0 Å². The van der Waals surface area contributed by atoms with Crippen LogP contribution in [0, 0.1) is 0 Å². The smallest absolute Gasteiger partial charge is 0.300 e. The molecule has 1 atom stereocenters. The van der Waals surface area contributed by atoms with Crippen molar-refractivity contribution in [2.75, 3.05) is 12.0 Å². The predicted molar refractivity (Wildman–Crippen MR) is 144 cm³/mol. The zero-order valence-corrected chi connectivity index (χ0v) is 20.8. The largest absolute Gasteiger partial charge is 0.507 e. The van der Waals surface area contributed by atoms with Crippen molar-refractivity contribution >= 4 is 33.9 Å². The molecule has 37 heavy (non-hydrogen) atoms. The number of Topliss-reactive ketones (excluding diaryl/α,β-unsaturated/α-hetero) is 1. The van der Waals surface area contributed by atoms with E-state index in [2.05, 4.69) is 0 Å². The molecule has 0 spiro atoms. The van der Waals surface area contributed by atoms with Crippen LogP contribution in [-0.2, 0) is 9.59 Å². The fourth-order valence-electron chi connectivity index (χ4n) is 4.76. The highest BCUT2D eigenvalue weighted by Gasteiger charge is 2.47. The summed E-state index contributed by atoms with van der Waals surface area (Å²) in [5.74, 6) is -0.448. The Morgan fingerprint density at radius 1 is 0.865 bits per heavy atom. The van der Waals surface area contributed by atoms with Crippen molar-refractivity contribution < 1.29 is 24.2 Å². The lowest BCUT2D eigenvalue weighted by molar-refractivity contribution is -0.132. The van der Waals surface area contributed by atoms with Gasteiger partial charge in [-0.3, -0.25) is 14.5 Å². The second kappa shape index (κ2) is 9.82. The molecule has 1 fully saturated rings. The number of carbonyl (C=O) groups is 2. The number of carbonyl (C=O) groups excluding carboxylic acids is 2. The average Bonchev–Trinajstić information content (AvgIpc) is 3.18. The topological polar surface area (TPSA) is 76.1 Å². The van der Waals surface area contributed by atoms with Crippen molar-refractivity contribution in [2.45, 2.75) is 26.0 Å². The Hall–Kier alpha value is -4.58. The molecule has 1 heterocycles. The first kappa shape index (κ1) is 24.1. The quantitative estimate of drug-likeness (QED) is 0.195. The summed E-state index contributed by atoms with van der Waals surface area (Å²) in [6.07, 6.45) is -0.00226. The van der Waals surface area contributed by atoms with E-state index in [1.807, 2.05) is 56.3 Å². The Bertz CT molecular complexity index is 1520. The number of anilines is 1. The summed E-state index contributed by atoms with van der Waals surface area (Å²) < 4.78 is 11.2. The molecule has 0 saturated carbocycles. The molecule has 6 heteroatoms. The Balaban J connectivity index is 1.71. The molecule has 0 aliphatic carbocycles. The van der Waals surface area contributed by atoms with Crippen molar-refractivity contribution in [2.24, 2.45) is 0 Å². The van der Waals surface area contributed by atoms with Gasteiger partial charge in [0.25, 0.3) is 11.7 Å². The molecule has 1 saturated heterocycles. The van der Waals surface area contributed by atoms with Gasteiger partial charge in [-0.15, -0.1) is 0 Å². The maximum atomic E-state index is 13.5. The van der Waals surface area contributed by atoms with Crippen LogP contribution < -0.4 is 14.4 Å². The lowest BCUT2D eigenvalue weighted by Gasteiger charge is -2.26. The summed E-state index contributed by atoms with van der Waals surface area (Å²) in [7, 11) is 1.56. The lowest BCUT2D eigenvalue weighted by Crippen LogP contribution is -2.29. The monoisotopic (exact) mass is 493 g/mol. The van der Waals surface area contributed by atoms with E-state index in [4.69, 9.17) is 9.47 Å². The lowest BCUT2D eigenvalue weighted by atomic mass is 9.93. The molecular formula is C31H27NO5. The molecule has 1 unspecified atom stereocenters. The number of ether oxygens (including phenoxy) is 2. The highest BCUT2D eigenvalue weighted by atomic mass is 16.5. The number of aliphatic hydroxyl groups excluding tert-OH is 1. The van der Waals surface area contributed by atoms with E-state index in [9.17, 15) is 14.7 Å². The minimum absolute atomic E-state index is 0.00226. The molecule has 1 aliphatic heterocycles. The third-order valence-electron chi connectivity index (χ3n) is 6.39. The first-order chi connectivity index (χ1) is 17.9. The third kappa shape index (κ3) is 4.42. The van der Waals surface area contributed by atoms with Gasteiger partial charge in [0.1, 0.15) is 17.3 Å². The first-order valence-corrected chi connectivity index (χ1v) is 12.1. The summed E-state index contributed by atoms with van der Waals surface area (Å²) in [6, 6.07) is 26.5. The summed E-state index contributed by atoms with van der Waals surface area (Å²) >= 11 is 0. The molecule has 0 radical (unpaired) electrons. The van der Waals surface area contributed by atoms with E-state index in [0.717, 1.165) is 10.8 Å². The van der Waals surface area contributed by atoms with Crippen molar-refractivity contribution in [3.05, 3.63) is 108 Å². The fourth-order valence-corrected chi connectivity index (χ4v) is 4.76. The van der Waals surface area contributed by atoms with Gasteiger partial charge in [0.2, 0.25) is 0 Å². The number of fused-ring (bicyclic) bond motifs is 1. The Morgan fingerprint density at radius 3 is 2.30 bits per heavy atom. The molecule has 1 N–H and O–H groups in total. The molecule has 4 aromatic rings. The van der Waals surface area contributed by atoms with Crippen LogP contribution in [0.1, 0.15) is 31.0 Å². The number of aliphatic hydroxyl groups is 1. The maximum Gasteiger partial charge on any atom is 0.300 e. The van der Waals surface area contributed by atoms with Gasteiger partial charge in [0, 0.05) is 11.3 Å². The zero-order valence-electron chi connectivity index (χ0n) is 20.8. The summed E-state index contributed by atoms with van der Waals surface area (Å²) in [4.78, 5) is 28.4. The van der Waals surface area contributed by atoms with Gasteiger partial charge in [-0.1, -0.05) is 54.6 Å². The van der Waals surface area contributed by atoms with Crippen molar-refractivity contribution in [3.63, 3.8) is 0 Å². The number of hydrogen-bond donors (Lipinski definition) is 1. The fraction of sp³-hybridized carbons (Fsp3) is 0.161. The minimum atomic E-state index is -0.856. The number of rotatable bonds is 6. The van der Waals surface area contributed by atoms with Crippen LogP contribution >= 0.6 is 0 Å². The van der Waals surface area contributed by atoms with Crippen LogP contribution in [0.25, 0.3) is 16.5 Å². The predicted octanol–water partition coefficient (Wildman–Crippen LogP) is 6.26. The highest BCUT2D eigenvalue weighted by Crippen LogP contribution is 2.43. The second-order valence-electron chi connectivity index (χ2n) is 9.13. The van der Waals surface area contributed by atoms with Gasteiger partial charge in [-0.2, -0.15) is 0 Å². The van der Waals surface area contributed by atoms with Gasteiger partial charge in [0.15, 0.2) is 0 Å². The molecule has 5 rings (SSSR count). The average molecular weight is 494 g/mol. The Kier molecular flexibility index (Phi) is 6.40. The zero-order chi connectivity index (χ0) is 26.1. The van der Waals surface area contributed by atoms with E-state index in [0.29, 0.717) is 28.3 Å². The number of ketones is 1. The maximum absolute atomic E-state index is 13.5. The van der Waals surface area contributed by atoms with Gasteiger partial charge in [0.05, 0.1) is 24.8 Å². The first-order valence-electron chi connectivity index (χ1n) is 12.1. The third-order valence-corrected chi connectivity index (χ3v) is 6.39. The molecular weight excluding hydrogens is 466 g/mol. The van der Waals surface area contributed by atoms with Crippen LogP contribution in [0.4, 0.5) is 5.69 Å². The minimum Gasteiger partial charge on any atom is -0.507 e. The molecule has 0 aromatic heterocycles. The van der Waals surface area contributed by atoms with Gasteiger partial charge >= 0.3 is 0 Å². The van der Waals surface area contributed by atoms with E-state index < -0.39 is 17.7 Å². The Morgan fingerprint density at radius 2 is 1.57 bits per heavy atom. The molecule has 1 aliphatic rings.